The number of anilines is 1. The van der Waals surface area contributed by atoms with E-state index in [2.05, 4.69) is 21.2 Å². The Labute approximate surface area is 129 Å². The number of nitrogens with two attached hydrogens (primary N) is 1. The van der Waals surface area contributed by atoms with Gasteiger partial charge in [-0.05, 0) is 58.4 Å². The van der Waals surface area contributed by atoms with Crippen LogP contribution in [0, 0.1) is 5.82 Å². The second kappa shape index (κ2) is 5.92. The van der Waals surface area contributed by atoms with Gasteiger partial charge in [0.2, 0.25) is 10.0 Å². The molecule has 0 unspecified atom stereocenters. The van der Waals surface area contributed by atoms with Crippen molar-refractivity contribution in [3.05, 3.63) is 58.3 Å². The van der Waals surface area contributed by atoms with E-state index < -0.39 is 21.7 Å². The molecular weight excluding hydrogens is 363 g/mol. The fraction of sp³-hybridized carbons (Fsp3) is 0. The number of sulfonamides is 1. The largest absolute Gasteiger partial charge is 0.321 e. The first-order valence-electron chi connectivity index (χ1n) is 5.66. The molecule has 1 amide bonds. The number of rotatable bonds is 3. The van der Waals surface area contributed by atoms with E-state index in [1.54, 1.807) is 0 Å². The number of carbonyl (C=O) groups is 1. The predicted molar refractivity (Wildman–Crippen MR) is 79.9 cm³/mol. The summed E-state index contributed by atoms with van der Waals surface area (Å²) in [4.78, 5) is 11.9. The van der Waals surface area contributed by atoms with Crippen molar-refractivity contribution >= 4 is 37.5 Å². The van der Waals surface area contributed by atoms with E-state index >= 15 is 0 Å². The molecule has 2 aromatic carbocycles. The summed E-state index contributed by atoms with van der Waals surface area (Å²) in [5, 5.41) is 7.59. The Morgan fingerprint density at radius 3 is 2.29 bits per heavy atom. The summed E-state index contributed by atoms with van der Waals surface area (Å²) in [6, 6.07) is 9.01. The number of carbonyl (C=O) groups excluding carboxylic acids is 1. The van der Waals surface area contributed by atoms with Crippen LogP contribution in [-0.4, -0.2) is 14.3 Å². The van der Waals surface area contributed by atoms with E-state index in [9.17, 15) is 17.6 Å². The SMILES string of the molecule is NS(=O)(=O)c1ccc(NC(=O)c2ccc(F)cc2)c(Br)c1. The van der Waals surface area contributed by atoms with Crippen molar-refractivity contribution in [3.8, 4) is 0 Å². The molecule has 110 valence electrons. The maximum absolute atomic E-state index is 12.8. The van der Waals surface area contributed by atoms with Gasteiger partial charge in [0.1, 0.15) is 5.82 Å². The zero-order valence-corrected chi connectivity index (χ0v) is 12.9. The minimum Gasteiger partial charge on any atom is -0.321 e. The molecule has 3 N–H and O–H groups in total. The lowest BCUT2D eigenvalue weighted by Gasteiger charge is -2.08. The van der Waals surface area contributed by atoms with Crippen LogP contribution in [0.15, 0.2) is 51.8 Å². The molecule has 21 heavy (non-hydrogen) atoms. The maximum atomic E-state index is 12.8. The molecule has 0 aliphatic rings. The van der Waals surface area contributed by atoms with E-state index in [1.165, 1.54) is 42.5 Å². The van der Waals surface area contributed by atoms with E-state index in [1.807, 2.05) is 0 Å². The number of amides is 1. The summed E-state index contributed by atoms with van der Waals surface area (Å²) in [6.07, 6.45) is 0. The second-order valence-electron chi connectivity index (χ2n) is 4.15. The van der Waals surface area contributed by atoms with Crippen molar-refractivity contribution in [2.45, 2.75) is 4.90 Å². The molecule has 8 heteroatoms. The molecule has 0 aliphatic heterocycles. The van der Waals surface area contributed by atoms with E-state index in [-0.39, 0.29) is 10.5 Å². The first kappa shape index (κ1) is 15.6. The van der Waals surface area contributed by atoms with Crippen LogP contribution in [0.25, 0.3) is 0 Å². The number of halogens is 2. The minimum absolute atomic E-state index is 0.0749. The van der Waals surface area contributed by atoms with Crippen LogP contribution in [0.3, 0.4) is 0 Å². The second-order valence-corrected chi connectivity index (χ2v) is 6.56. The van der Waals surface area contributed by atoms with Crippen LogP contribution < -0.4 is 10.5 Å². The van der Waals surface area contributed by atoms with Crippen molar-refractivity contribution in [2.75, 3.05) is 5.32 Å². The zero-order chi connectivity index (χ0) is 15.6. The van der Waals surface area contributed by atoms with Gasteiger partial charge in [-0.1, -0.05) is 0 Å². The third-order valence-electron chi connectivity index (χ3n) is 2.62. The fourth-order valence-electron chi connectivity index (χ4n) is 1.57. The van der Waals surface area contributed by atoms with Gasteiger partial charge in [-0.3, -0.25) is 4.79 Å². The van der Waals surface area contributed by atoms with Gasteiger partial charge in [-0.15, -0.1) is 0 Å². The van der Waals surface area contributed by atoms with Crippen LogP contribution in [0.1, 0.15) is 10.4 Å². The molecule has 0 saturated carbocycles. The van der Waals surface area contributed by atoms with E-state index in [0.717, 1.165) is 0 Å². The van der Waals surface area contributed by atoms with Crippen molar-refractivity contribution in [1.82, 2.24) is 0 Å². The molecule has 0 saturated heterocycles. The lowest BCUT2D eigenvalue weighted by atomic mass is 10.2. The Morgan fingerprint density at radius 2 is 1.76 bits per heavy atom. The Morgan fingerprint density at radius 1 is 1.14 bits per heavy atom. The molecule has 2 aromatic rings. The number of hydrogen-bond donors (Lipinski definition) is 2. The fourth-order valence-corrected chi connectivity index (χ4v) is 2.74. The molecule has 0 aliphatic carbocycles. The van der Waals surface area contributed by atoms with Gasteiger partial charge in [0, 0.05) is 10.0 Å². The highest BCUT2D eigenvalue weighted by Gasteiger charge is 2.12. The molecule has 0 spiro atoms. The van der Waals surface area contributed by atoms with Gasteiger partial charge in [0.05, 0.1) is 10.6 Å². The van der Waals surface area contributed by atoms with Crippen molar-refractivity contribution in [1.29, 1.82) is 0 Å². The maximum Gasteiger partial charge on any atom is 0.255 e. The first-order valence-corrected chi connectivity index (χ1v) is 8.00. The molecule has 0 fully saturated rings. The van der Waals surface area contributed by atoms with Gasteiger partial charge in [0.25, 0.3) is 5.91 Å². The number of primary sulfonamides is 1. The van der Waals surface area contributed by atoms with Crippen molar-refractivity contribution < 1.29 is 17.6 Å². The average molecular weight is 373 g/mol. The molecule has 5 nitrogen and oxygen atoms in total. The molecule has 0 heterocycles. The monoisotopic (exact) mass is 372 g/mol. The third-order valence-corrected chi connectivity index (χ3v) is 4.19. The molecule has 0 radical (unpaired) electrons. The molecule has 2 rings (SSSR count). The van der Waals surface area contributed by atoms with E-state index in [0.29, 0.717) is 10.2 Å². The topological polar surface area (TPSA) is 89.3 Å². The Hall–Kier alpha value is -1.77. The molecule has 0 bridgehead atoms. The minimum atomic E-state index is -3.81. The highest BCUT2D eigenvalue weighted by atomic mass is 79.9. The highest BCUT2D eigenvalue weighted by molar-refractivity contribution is 9.10. The van der Waals surface area contributed by atoms with Crippen LogP contribution in [0.5, 0.6) is 0 Å². The Balaban J connectivity index is 2.24. The van der Waals surface area contributed by atoms with Crippen molar-refractivity contribution in [2.24, 2.45) is 5.14 Å². The van der Waals surface area contributed by atoms with Crippen LogP contribution >= 0.6 is 15.9 Å². The van der Waals surface area contributed by atoms with Crippen LogP contribution in [0.4, 0.5) is 10.1 Å². The van der Waals surface area contributed by atoms with E-state index in [4.69, 9.17) is 5.14 Å². The normalized spacial score (nSPS) is 11.2. The number of hydrogen-bond acceptors (Lipinski definition) is 3. The first-order chi connectivity index (χ1) is 9.77. The smallest absolute Gasteiger partial charge is 0.255 e. The molecular formula is C13H10BrFN2O3S. The standard InChI is InChI=1S/C13H10BrFN2O3S/c14-11-7-10(21(16,19)20)5-6-12(11)17-13(18)8-1-3-9(15)4-2-8/h1-7H,(H,17,18)(H2,16,19,20). The summed E-state index contributed by atoms with van der Waals surface area (Å²) >= 11 is 3.16. The average Bonchev–Trinajstić information content (AvgIpc) is 2.40. The lowest BCUT2D eigenvalue weighted by molar-refractivity contribution is 0.102. The Bertz CT molecular complexity index is 792. The van der Waals surface area contributed by atoms with Gasteiger partial charge in [0.15, 0.2) is 0 Å². The van der Waals surface area contributed by atoms with Crippen LogP contribution in [0.2, 0.25) is 0 Å². The third kappa shape index (κ3) is 3.87. The van der Waals surface area contributed by atoms with Crippen LogP contribution in [-0.2, 0) is 10.0 Å². The summed E-state index contributed by atoms with van der Waals surface area (Å²) < 4.78 is 35.6. The summed E-state index contributed by atoms with van der Waals surface area (Å²) in [6.45, 7) is 0. The molecule has 0 atom stereocenters. The molecule has 0 aromatic heterocycles. The predicted octanol–water partition coefficient (Wildman–Crippen LogP) is 2.49. The highest BCUT2D eigenvalue weighted by Crippen LogP contribution is 2.25. The quantitative estimate of drug-likeness (QED) is 0.866. The number of benzene rings is 2. The van der Waals surface area contributed by atoms with Crippen molar-refractivity contribution in [3.63, 3.8) is 0 Å². The van der Waals surface area contributed by atoms with Gasteiger partial charge in [-0.25, -0.2) is 17.9 Å². The summed E-state index contributed by atoms with van der Waals surface area (Å²) in [5.41, 5.74) is 0.649. The summed E-state index contributed by atoms with van der Waals surface area (Å²) in [5.74, 6) is -0.885. The zero-order valence-electron chi connectivity index (χ0n) is 10.5. The number of nitrogens with one attached hydrogen (secondary N) is 1. The van der Waals surface area contributed by atoms with Gasteiger partial charge in [-0.2, -0.15) is 0 Å². The van der Waals surface area contributed by atoms with Gasteiger partial charge >= 0.3 is 0 Å². The summed E-state index contributed by atoms with van der Waals surface area (Å²) in [7, 11) is -3.81. The van der Waals surface area contributed by atoms with Gasteiger partial charge < -0.3 is 5.32 Å². The Kier molecular flexibility index (Phi) is 4.40. The lowest BCUT2D eigenvalue weighted by Crippen LogP contribution is -2.14.